The number of carbonyl (C=O) groups excluding carboxylic acids is 3. The van der Waals surface area contributed by atoms with Crippen molar-refractivity contribution in [2.75, 3.05) is 11.9 Å². The number of benzene rings is 2. The zero-order valence-corrected chi connectivity index (χ0v) is 18.1. The maximum Gasteiger partial charge on any atom is 0.342 e. The molecule has 164 valence electrons. The summed E-state index contributed by atoms with van der Waals surface area (Å²) in [4.78, 5) is 37.9. The van der Waals surface area contributed by atoms with E-state index in [1.165, 1.54) is 11.3 Å². The lowest BCUT2D eigenvalue weighted by molar-refractivity contribution is -0.119. The SMILES string of the molecule is NC(=O)c1c(NC(=O)COC(=O)c2ccccc2OCc2ccccc2)sc2c1CCC2. The third kappa shape index (κ3) is 4.81. The number of primary amides is 1. The maximum absolute atomic E-state index is 12.6. The van der Waals surface area contributed by atoms with Gasteiger partial charge in [-0.2, -0.15) is 0 Å². The highest BCUT2D eigenvalue weighted by molar-refractivity contribution is 7.17. The highest BCUT2D eigenvalue weighted by atomic mass is 32.1. The molecule has 1 heterocycles. The van der Waals surface area contributed by atoms with Crippen molar-refractivity contribution in [3.8, 4) is 5.75 Å². The Labute approximate surface area is 189 Å². The first-order chi connectivity index (χ1) is 15.5. The molecular formula is C24H22N2O5S. The number of rotatable bonds is 8. The standard InChI is InChI=1S/C24H22N2O5S/c25-22(28)21-17-10-6-12-19(17)32-23(21)26-20(27)14-31-24(29)16-9-4-5-11-18(16)30-13-15-7-2-1-3-8-15/h1-5,7-9,11H,6,10,12-14H2,(H2,25,28)(H,26,27). The molecular weight excluding hydrogens is 428 g/mol. The van der Waals surface area contributed by atoms with Gasteiger partial charge >= 0.3 is 5.97 Å². The van der Waals surface area contributed by atoms with Crippen molar-refractivity contribution in [3.05, 3.63) is 81.7 Å². The molecule has 3 aromatic rings. The van der Waals surface area contributed by atoms with E-state index in [1.54, 1.807) is 24.3 Å². The summed E-state index contributed by atoms with van der Waals surface area (Å²) in [5.74, 6) is -1.41. The summed E-state index contributed by atoms with van der Waals surface area (Å²) in [7, 11) is 0. The van der Waals surface area contributed by atoms with Gasteiger partial charge in [0.15, 0.2) is 6.61 Å². The summed E-state index contributed by atoms with van der Waals surface area (Å²) in [6, 6.07) is 16.3. The van der Waals surface area contributed by atoms with Gasteiger partial charge in [0.2, 0.25) is 0 Å². The molecule has 0 saturated carbocycles. The van der Waals surface area contributed by atoms with Crippen molar-refractivity contribution in [1.29, 1.82) is 0 Å². The van der Waals surface area contributed by atoms with Gasteiger partial charge in [0, 0.05) is 4.88 Å². The zero-order valence-electron chi connectivity index (χ0n) is 17.3. The Morgan fingerprint density at radius 2 is 1.75 bits per heavy atom. The molecule has 0 saturated heterocycles. The number of hydrogen-bond donors (Lipinski definition) is 2. The van der Waals surface area contributed by atoms with Crippen LogP contribution in [0.5, 0.6) is 5.75 Å². The normalized spacial score (nSPS) is 12.1. The molecule has 0 atom stereocenters. The second-order valence-corrected chi connectivity index (χ2v) is 8.43. The first-order valence-corrected chi connectivity index (χ1v) is 11.0. The Balaban J connectivity index is 1.37. The average Bonchev–Trinajstić information content (AvgIpc) is 3.37. The van der Waals surface area contributed by atoms with Gasteiger partial charge in [-0.1, -0.05) is 42.5 Å². The topological polar surface area (TPSA) is 108 Å². The van der Waals surface area contributed by atoms with Crippen LogP contribution in [0.3, 0.4) is 0 Å². The molecule has 32 heavy (non-hydrogen) atoms. The monoisotopic (exact) mass is 450 g/mol. The number of anilines is 1. The minimum absolute atomic E-state index is 0.226. The van der Waals surface area contributed by atoms with E-state index >= 15 is 0 Å². The summed E-state index contributed by atoms with van der Waals surface area (Å²) in [6.45, 7) is -0.197. The first-order valence-electron chi connectivity index (χ1n) is 10.2. The fraction of sp³-hybridized carbons (Fsp3) is 0.208. The average molecular weight is 451 g/mol. The maximum atomic E-state index is 12.6. The van der Waals surface area contributed by atoms with E-state index in [9.17, 15) is 14.4 Å². The molecule has 7 nitrogen and oxygen atoms in total. The highest BCUT2D eigenvalue weighted by Crippen LogP contribution is 2.38. The van der Waals surface area contributed by atoms with E-state index in [2.05, 4.69) is 5.32 Å². The van der Waals surface area contributed by atoms with Crippen LogP contribution in [-0.4, -0.2) is 24.4 Å². The predicted octanol–water partition coefficient (Wildman–Crippen LogP) is 3.71. The molecule has 0 radical (unpaired) electrons. The van der Waals surface area contributed by atoms with Crippen LogP contribution in [0.2, 0.25) is 0 Å². The number of hydrogen-bond acceptors (Lipinski definition) is 6. The van der Waals surface area contributed by atoms with Crippen molar-refractivity contribution in [3.63, 3.8) is 0 Å². The van der Waals surface area contributed by atoms with Crippen LogP contribution in [0.25, 0.3) is 0 Å². The smallest absolute Gasteiger partial charge is 0.342 e. The Morgan fingerprint density at radius 3 is 2.53 bits per heavy atom. The second kappa shape index (κ2) is 9.65. The fourth-order valence-corrected chi connectivity index (χ4v) is 4.93. The van der Waals surface area contributed by atoms with Crippen LogP contribution in [0.15, 0.2) is 54.6 Å². The number of amides is 2. The molecule has 2 aromatic carbocycles. The van der Waals surface area contributed by atoms with E-state index in [1.807, 2.05) is 30.3 Å². The molecule has 0 unspecified atom stereocenters. The van der Waals surface area contributed by atoms with E-state index in [0.717, 1.165) is 35.3 Å². The molecule has 1 aliphatic carbocycles. The van der Waals surface area contributed by atoms with E-state index < -0.39 is 24.4 Å². The molecule has 0 spiro atoms. The van der Waals surface area contributed by atoms with Gasteiger partial charge in [0.1, 0.15) is 22.9 Å². The zero-order chi connectivity index (χ0) is 22.5. The third-order valence-electron chi connectivity index (χ3n) is 5.10. The van der Waals surface area contributed by atoms with Gasteiger partial charge in [0.25, 0.3) is 11.8 Å². The number of aryl methyl sites for hydroxylation is 1. The van der Waals surface area contributed by atoms with Gasteiger partial charge < -0.3 is 20.5 Å². The number of nitrogens with two attached hydrogens (primary N) is 1. The van der Waals surface area contributed by atoms with Crippen LogP contribution in [0.4, 0.5) is 5.00 Å². The molecule has 2 amide bonds. The Hall–Kier alpha value is -3.65. The number of nitrogens with one attached hydrogen (secondary N) is 1. The van der Waals surface area contributed by atoms with Crippen molar-refractivity contribution in [2.24, 2.45) is 5.73 Å². The third-order valence-corrected chi connectivity index (χ3v) is 6.31. The molecule has 1 aromatic heterocycles. The lowest BCUT2D eigenvalue weighted by atomic mass is 10.1. The summed E-state index contributed by atoms with van der Waals surface area (Å²) in [5.41, 5.74) is 7.98. The van der Waals surface area contributed by atoms with Crippen LogP contribution in [0.1, 0.15) is 43.1 Å². The summed E-state index contributed by atoms with van der Waals surface area (Å²) < 4.78 is 11.0. The number of carbonyl (C=O) groups is 3. The molecule has 3 N–H and O–H groups in total. The fourth-order valence-electron chi connectivity index (χ4n) is 3.62. The number of thiophene rings is 1. The van der Waals surface area contributed by atoms with Gasteiger partial charge in [-0.3, -0.25) is 9.59 Å². The van der Waals surface area contributed by atoms with E-state index in [0.29, 0.717) is 22.9 Å². The number of ether oxygens (including phenoxy) is 2. The lowest BCUT2D eigenvalue weighted by Gasteiger charge is -2.11. The van der Waals surface area contributed by atoms with Crippen LogP contribution in [0, 0.1) is 0 Å². The first kappa shape index (κ1) is 21.6. The number of fused-ring (bicyclic) bond motifs is 1. The quantitative estimate of drug-likeness (QED) is 0.509. The minimum Gasteiger partial charge on any atom is -0.488 e. The summed E-state index contributed by atoms with van der Waals surface area (Å²) in [6.07, 6.45) is 2.61. The molecule has 4 rings (SSSR count). The van der Waals surface area contributed by atoms with Gasteiger partial charge in [-0.25, -0.2) is 4.79 Å². The van der Waals surface area contributed by atoms with Crippen LogP contribution < -0.4 is 15.8 Å². The van der Waals surface area contributed by atoms with Crippen LogP contribution >= 0.6 is 11.3 Å². The van der Waals surface area contributed by atoms with Gasteiger partial charge in [-0.05, 0) is 42.5 Å². The van der Waals surface area contributed by atoms with Crippen molar-refractivity contribution < 1.29 is 23.9 Å². The summed E-state index contributed by atoms with van der Waals surface area (Å²) >= 11 is 1.35. The van der Waals surface area contributed by atoms with E-state index in [4.69, 9.17) is 15.2 Å². The van der Waals surface area contributed by atoms with Gasteiger partial charge in [-0.15, -0.1) is 11.3 Å². The predicted molar refractivity (Wildman–Crippen MR) is 121 cm³/mol. The number of para-hydroxylation sites is 1. The lowest BCUT2D eigenvalue weighted by Crippen LogP contribution is -2.23. The minimum atomic E-state index is -0.674. The van der Waals surface area contributed by atoms with Crippen molar-refractivity contribution in [1.82, 2.24) is 0 Å². The largest absolute Gasteiger partial charge is 0.488 e. The Morgan fingerprint density at radius 1 is 1.00 bits per heavy atom. The molecule has 0 fully saturated rings. The molecule has 8 heteroatoms. The van der Waals surface area contributed by atoms with Gasteiger partial charge in [0.05, 0.1) is 5.56 Å². The Bertz CT molecular complexity index is 1160. The molecule has 1 aliphatic rings. The second-order valence-electron chi connectivity index (χ2n) is 7.32. The van der Waals surface area contributed by atoms with Crippen molar-refractivity contribution >= 4 is 34.1 Å². The molecule has 0 aliphatic heterocycles. The Kier molecular flexibility index (Phi) is 6.51. The highest BCUT2D eigenvalue weighted by Gasteiger charge is 2.26. The van der Waals surface area contributed by atoms with Crippen molar-refractivity contribution in [2.45, 2.75) is 25.9 Å². The molecule has 0 bridgehead atoms. The van der Waals surface area contributed by atoms with E-state index in [-0.39, 0.29) is 5.56 Å². The summed E-state index contributed by atoms with van der Waals surface area (Å²) in [5, 5.41) is 3.07. The van der Waals surface area contributed by atoms with Crippen LogP contribution in [-0.2, 0) is 29.0 Å². The number of esters is 1.